The molecule has 0 aliphatic heterocycles. The topological polar surface area (TPSA) is 59.4 Å². The highest BCUT2D eigenvalue weighted by atomic mass is 16.5. The first kappa shape index (κ1) is 14.1. The van der Waals surface area contributed by atoms with Gasteiger partial charge in [0.05, 0.1) is 7.11 Å². The minimum atomic E-state index is -1.05. The molecule has 1 N–H and O–H groups in total. The monoisotopic (exact) mass is 293 g/mol. The number of aromatic carboxylic acids is 1. The van der Waals surface area contributed by atoms with Crippen molar-refractivity contribution in [3.8, 4) is 17.0 Å². The van der Waals surface area contributed by atoms with Gasteiger partial charge >= 0.3 is 5.97 Å². The van der Waals surface area contributed by atoms with Crippen molar-refractivity contribution in [3.05, 3.63) is 59.8 Å². The van der Waals surface area contributed by atoms with E-state index >= 15 is 0 Å². The summed E-state index contributed by atoms with van der Waals surface area (Å²) in [4.78, 5) is 15.5. The number of rotatable bonds is 3. The molecule has 0 unspecified atom stereocenters. The van der Waals surface area contributed by atoms with Crippen molar-refractivity contribution in [2.24, 2.45) is 0 Å². The second-order valence-corrected chi connectivity index (χ2v) is 5.06. The van der Waals surface area contributed by atoms with Gasteiger partial charge in [0, 0.05) is 11.8 Å². The predicted molar refractivity (Wildman–Crippen MR) is 85.4 cm³/mol. The molecule has 3 aromatic rings. The average Bonchev–Trinajstić information content (AvgIpc) is 2.55. The normalized spacial score (nSPS) is 10.6. The van der Waals surface area contributed by atoms with Gasteiger partial charge in [-0.2, -0.15) is 0 Å². The van der Waals surface area contributed by atoms with Gasteiger partial charge in [0.1, 0.15) is 5.56 Å². The van der Waals surface area contributed by atoms with Crippen LogP contribution in [0.3, 0.4) is 0 Å². The van der Waals surface area contributed by atoms with Crippen molar-refractivity contribution in [3.63, 3.8) is 0 Å². The van der Waals surface area contributed by atoms with Gasteiger partial charge in [0.15, 0.2) is 0 Å². The van der Waals surface area contributed by atoms with E-state index in [-0.39, 0.29) is 11.4 Å². The summed E-state index contributed by atoms with van der Waals surface area (Å²) < 4.78 is 5.01. The molecule has 0 bridgehead atoms. The van der Waals surface area contributed by atoms with Crippen LogP contribution in [0, 0.1) is 6.92 Å². The van der Waals surface area contributed by atoms with E-state index in [0.717, 1.165) is 21.9 Å². The van der Waals surface area contributed by atoms with Crippen LogP contribution in [-0.4, -0.2) is 23.2 Å². The average molecular weight is 293 g/mol. The molecule has 0 aliphatic rings. The largest absolute Gasteiger partial charge is 0.480 e. The first-order valence-electron chi connectivity index (χ1n) is 6.88. The number of ether oxygens (including phenoxy) is 1. The number of benzene rings is 2. The minimum Gasteiger partial charge on any atom is -0.480 e. The minimum absolute atomic E-state index is 0.0599. The number of aromatic nitrogens is 1. The molecule has 2 aromatic carbocycles. The molecule has 0 radical (unpaired) electrons. The highest BCUT2D eigenvalue weighted by molar-refractivity contribution is 6.00. The number of carboxylic acids is 1. The Morgan fingerprint density at radius 1 is 1.14 bits per heavy atom. The smallest absolute Gasteiger partial charge is 0.341 e. The summed E-state index contributed by atoms with van der Waals surface area (Å²) in [5, 5.41) is 11.5. The van der Waals surface area contributed by atoms with Crippen molar-refractivity contribution in [1.29, 1.82) is 0 Å². The Hall–Kier alpha value is -2.88. The fourth-order valence-corrected chi connectivity index (χ4v) is 2.62. The van der Waals surface area contributed by atoms with Crippen molar-refractivity contribution < 1.29 is 14.6 Å². The van der Waals surface area contributed by atoms with E-state index in [1.807, 2.05) is 30.3 Å². The highest BCUT2D eigenvalue weighted by Crippen LogP contribution is 2.32. The first-order chi connectivity index (χ1) is 10.6. The van der Waals surface area contributed by atoms with Crippen LogP contribution in [0.5, 0.6) is 5.88 Å². The molecule has 0 fully saturated rings. The summed E-state index contributed by atoms with van der Waals surface area (Å²) in [5.41, 5.74) is 2.96. The lowest BCUT2D eigenvalue weighted by atomic mass is 9.96. The number of fused-ring (bicyclic) bond motifs is 1. The molecule has 1 aromatic heterocycles. The van der Waals surface area contributed by atoms with Crippen molar-refractivity contribution in [1.82, 2.24) is 4.98 Å². The Kier molecular flexibility index (Phi) is 3.51. The molecule has 0 atom stereocenters. The lowest BCUT2D eigenvalue weighted by Gasteiger charge is -2.11. The summed E-state index contributed by atoms with van der Waals surface area (Å²) in [5.74, 6) is -0.935. The second-order valence-electron chi connectivity index (χ2n) is 5.06. The second kappa shape index (κ2) is 5.48. The molecule has 110 valence electrons. The molecule has 0 spiro atoms. The molecule has 0 saturated carbocycles. The third kappa shape index (κ3) is 2.29. The molecule has 3 rings (SSSR count). The van der Waals surface area contributed by atoms with Gasteiger partial charge in [-0.1, -0.05) is 36.4 Å². The fraction of sp³-hybridized carbons (Fsp3) is 0.111. The zero-order chi connectivity index (χ0) is 15.7. The highest BCUT2D eigenvalue weighted by Gasteiger charge is 2.15. The van der Waals surface area contributed by atoms with E-state index in [2.05, 4.69) is 18.0 Å². The van der Waals surface area contributed by atoms with Crippen LogP contribution in [0.2, 0.25) is 0 Å². The molecule has 0 saturated heterocycles. The van der Waals surface area contributed by atoms with Gasteiger partial charge in [-0.3, -0.25) is 0 Å². The van der Waals surface area contributed by atoms with Gasteiger partial charge < -0.3 is 9.84 Å². The summed E-state index contributed by atoms with van der Waals surface area (Å²) in [6.07, 6.45) is 1.64. The number of nitrogens with zero attached hydrogens (tertiary/aromatic N) is 1. The Morgan fingerprint density at radius 3 is 2.55 bits per heavy atom. The van der Waals surface area contributed by atoms with E-state index in [1.54, 1.807) is 12.3 Å². The molecular weight excluding hydrogens is 278 g/mol. The zero-order valence-electron chi connectivity index (χ0n) is 12.3. The lowest BCUT2D eigenvalue weighted by Crippen LogP contribution is -2.02. The van der Waals surface area contributed by atoms with Crippen molar-refractivity contribution in [2.75, 3.05) is 7.11 Å². The van der Waals surface area contributed by atoms with Gasteiger partial charge in [-0.25, -0.2) is 9.78 Å². The molecular formula is C18H15NO3. The lowest BCUT2D eigenvalue weighted by molar-refractivity contribution is 0.0692. The number of pyridine rings is 1. The van der Waals surface area contributed by atoms with Gasteiger partial charge in [0.2, 0.25) is 5.88 Å². The van der Waals surface area contributed by atoms with Crippen LogP contribution in [0.1, 0.15) is 15.9 Å². The predicted octanol–water partition coefficient (Wildman–Crippen LogP) is 3.92. The Balaban J connectivity index is 2.26. The third-order valence-electron chi connectivity index (χ3n) is 3.73. The standard InChI is InChI=1S/C18H15NO3/c1-11-7-8-14(15-6-4-3-5-13(11)15)12-9-16(18(20)21)17(22-2)19-10-12/h3-10H,1-2H3,(H,20,21). The third-order valence-corrected chi connectivity index (χ3v) is 3.73. The van der Waals surface area contributed by atoms with E-state index in [1.165, 1.54) is 12.7 Å². The molecule has 1 heterocycles. The molecule has 0 amide bonds. The Labute approximate surface area is 128 Å². The fourth-order valence-electron chi connectivity index (χ4n) is 2.62. The number of aryl methyl sites for hydroxylation is 1. The Morgan fingerprint density at radius 2 is 1.86 bits per heavy atom. The quantitative estimate of drug-likeness (QED) is 0.795. The van der Waals surface area contributed by atoms with Crippen LogP contribution in [0.25, 0.3) is 21.9 Å². The summed E-state index contributed by atoms with van der Waals surface area (Å²) in [6, 6.07) is 13.7. The van der Waals surface area contributed by atoms with E-state index in [0.29, 0.717) is 0 Å². The Bertz CT molecular complexity index is 871. The first-order valence-corrected chi connectivity index (χ1v) is 6.88. The summed E-state index contributed by atoms with van der Waals surface area (Å²) in [7, 11) is 1.41. The summed E-state index contributed by atoms with van der Waals surface area (Å²) in [6.45, 7) is 2.06. The molecule has 4 heteroatoms. The summed E-state index contributed by atoms with van der Waals surface area (Å²) >= 11 is 0. The number of hydrogen-bond donors (Lipinski definition) is 1. The van der Waals surface area contributed by atoms with Crippen molar-refractivity contribution in [2.45, 2.75) is 6.92 Å². The SMILES string of the molecule is COc1ncc(-c2ccc(C)c3ccccc23)cc1C(=O)O. The zero-order valence-corrected chi connectivity index (χ0v) is 12.3. The van der Waals surface area contributed by atoms with Crippen LogP contribution in [0.15, 0.2) is 48.7 Å². The van der Waals surface area contributed by atoms with E-state index in [4.69, 9.17) is 4.74 Å². The van der Waals surface area contributed by atoms with Crippen LogP contribution >= 0.6 is 0 Å². The van der Waals surface area contributed by atoms with Gasteiger partial charge in [-0.15, -0.1) is 0 Å². The number of carboxylic acid groups (broad SMARTS) is 1. The maximum atomic E-state index is 11.4. The number of hydrogen-bond acceptors (Lipinski definition) is 3. The van der Waals surface area contributed by atoms with Gasteiger partial charge in [0.25, 0.3) is 0 Å². The maximum absolute atomic E-state index is 11.4. The van der Waals surface area contributed by atoms with Crippen LogP contribution in [0.4, 0.5) is 0 Å². The number of carbonyl (C=O) groups is 1. The number of methoxy groups -OCH3 is 1. The van der Waals surface area contributed by atoms with Gasteiger partial charge in [-0.05, 0) is 34.9 Å². The molecule has 22 heavy (non-hydrogen) atoms. The van der Waals surface area contributed by atoms with Crippen LogP contribution in [-0.2, 0) is 0 Å². The van der Waals surface area contributed by atoms with E-state index < -0.39 is 5.97 Å². The van der Waals surface area contributed by atoms with E-state index in [9.17, 15) is 9.90 Å². The van der Waals surface area contributed by atoms with Crippen LogP contribution < -0.4 is 4.74 Å². The molecule has 4 nitrogen and oxygen atoms in total. The van der Waals surface area contributed by atoms with Crippen molar-refractivity contribution >= 4 is 16.7 Å². The maximum Gasteiger partial charge on any atom is 0.341 e. The molecule has 0 aliphatic carbocycles.